The number of ketones is 3. The van der Waals surface area contributed by atoms with E-state index < -0.39 is 28.4 Å². The van der Waals surface area contributed by atoms with Crippen molar-refractivity contribution in [1.82, 2.24) is 4.90 Å². The molecule has 0 amide bonds. The van der Waals surface area contributed by atoms with Crippen molar-refractivity contribution in [2.75, 3.05) is 33.1 Å². The van der Waals surface area contributed by atoms with Gasteiger partial charge in [0.05, 0.1) is 17.0 Å². The third-order valence-electron chi connectivity index (χ3n) is 9.78. The molecule has 1 aromatic rings. The van der Waals surface area contributed by atoms with Crippen LogP contribution in [0.15, 0.2) is 28.4 Å². The number of unbranched alkanes of at least 4 members (excludes halogenated alkanes) is 2. The lowest BCUT2D eigenvalue weighted by molar-refractivity contribution is -0.169. The van der Waals surface area contributed by atoms with E-state index in [0.717, 1.165) is 36.1 Å². The largest absolute Gasteiger partial charge is 0.386 e. The summed E-state index contributed by atoms with van der Waals surface area (Å²) < 4.78 is 0. The Kier molecular flexibility index (Phi) is 7.79. The number of anilines is 1. The molecule has 4 rings (SSSR count). The van der Waals surface area contributed by atoms with E-state index in [1.54, 1.807) is 39.8 Å². The molecule has 0 heterocycles. The molecular weight excluding hydrogens is 516 g/mol. The van der Waals surface area contributed by atoms with Crippen LogP contribution < -0.4 is 4.90 Å². The molecule has 0 fully saturated rings. The fourth-order valence-corrected chi connectivity index (χ4v) is 7.76. The summed E-state index contributed by atoms with van der Waals surface area (Å²) in [6.07, 6.45) is 2.68. The van der Waals surface area contributed by atoms with Gasteiger partial charge >= 0.3 is 0 Å². The quantitative estimate of drug-likeness (QED) is 0.320. The smallest absolute Gasteiger partial charge is 0.192 e. The van der Waals surface area contributed by atoms with Gasteiger partial charge in [0, 0.05) is 55.7 Å². The highest BCUT2D eigenvalue weighted by Gasteiger charge is 2.69. The van der Waals surface area contributed by atoms with Gasteiger partial charge in [-0.1, -0.05) is 25.2 Å². The molecule has 0 spiro atoms. The SMILES string of the molecule is CCCCC#Cc1cc(N(C)C)c2c(c1C)C(=O)C1=C(C)[C@@]3(C)C(=O)C(C(C)=O)=C(C)[C@H](N(C)C)[C@@]3(O)C[C@@]1(O)C2. The average Bonchev–Trinajstić information content (AvgIpc) is 2.84. The first-order valence-electron chi connectivity index (χ1n) is 14.5. The summed E-state index contributed by atoms with van der Waals surface area (Å²) in [6.45, 7) is 10.3. The van der Waals surface area contributed by atoms with E-state index in [2.05, 4.69) is 18.8 Å². The zero-order valence-corrected chi connectivity index (χ0v) is 26.2. The molecule has 0 aliphatic heterocycles. The molecule has 0 bridgehead atoms. The molecule has 2 N–H and O–H groups in total. The lowest BCUT2D eigenvalue weighted by Crippen LogP contribution is -2.72. The summed E-state index contributed by atoms with van der Waals surface area (Å²) >= 11 is 0. The first-order chi connectivity index (χ1) is 19.0. The minimum absolute atomic E-state index is 0.0561. The Hall–Kier alpha value is -3.05. The molecular formula is C34H44N2O5. The molecule has 0 radical (unpaired) electrons. The van der Waals surface area contributed by atoms with Crippen molar-refractivity contribution in [2.24, 2.45) is 5.41 Å². The van der Waals surface area contributed by atoms with E-state index in [4.69, 9.17) is 0 Å². The maximum absolute atomic E-state index is 14.5. The molecule has 220 valence electrons. The molecule has 3 aliphatic carbocycles. The Labute approximate surface area is 244 Å². The van der Waals surface area contributed by atoms with Gasteiger partial charge in [0.25, 0.3) is 0 Å². The van der Waals surface area contributed by atoms with Crippen LogP contribution in [0.25, 0.3) is 0 Å². The first kappa shape index (κ1) is 30.9. The summed E-state index contributed by atoms with van der Waals surface area (Å²) in [5.74, 6) is 5.27. The van der Waals surface area contributed by atoms with Gasteiger partial charge in [-0.25, -0.2) is 0 Å². The van der Waals surface area contributed by atoms with E-state index in [9.17, 15) is 24.6 Å². The van der Waals surface area contributed by atoms with E-state index in [0.29, 0.717) is 22.3 Å². The van der Waals surface area contributed by atoms with Crippen LogP contribution in [0.2, 0.25) is 0 Å². The summed E-state index contributed by atoms with van der Waals surface area (Å²) in [5.41, 5.74) is -0.565. The highest BCUT2D eigenvalue weighted by atomic mass is 16.3. The topological polar surface area (TPSA) is 98.2 Å². The zero-order valence-electron chi connectivity index (χ0n) is 26.2. The monoisotopic (exact) mass is 560 g/mol. The highest BCUT2D eigenvalue weighted by Crippen LogP contribution is 2.60. The fraction of sp³-hybridized carbons (Fsp3) is 0.559. The number of Topliss-reactive ketones (excluding diaryl/α,β-unsaturated/α-hetero) is 3. The van der Waals surface area contributed by atoms with Crippen LogP contribution in [0, 0.1) is 24.2 Å². The molecule has 0 saturated heterocycles. The number of nitrogens with zero attached hydrogens (tertiary/aromatic N) is 2. The number of hydrogen-bond acceptors (Lipinski definition) is 7. The van der Waals surface area contributed by atoms with Gasteiger partial charge in [0.15, 0.2) is 17.3 Å². The standard InChI is InChI=1S/C34H44N2O5/c1-11-12-13-14-15-23-16-25(35(7)8)24-17-33(40)18-34(41)30(36(9)10)20(3)26(22(5)37)31(39)32(34,6)21(4)28(33)29(38)27(24)19(23)2/h16,30,40-41H,11-13,17-18H2,1-10H3/t30-,32-,33-,34-/m0/s1. The predicted molar refractivity (Wildman–Crippen MR) is 161 cm³/mol. The number of aliphatic hydroxyl groups is 2. The van der Waals surface area contributed by atoms with Crippen LogP contribution in [0.5, 0.6) is 0 Å². The summed E-state index contributed by atoms with van der Waals surface area (Å²) in [5, 5.41) is 25.0. The second-order valence-electron chi connectivity index (χ2n) is 12.8. The number of likely N-dealkylation sites (N-methyl/N-ethyl adjacent to an activating group) is 1. The number of carbonyl (C=O) groups is 3. The molecule has 0 aromatic heterocycles. The second-order valence-corrected chi connectivity index (χ2v) is 12.8. The van der Waals surface area contributed by atoms with Gasteiger partial charge in [-0.05, 0) is 83.5 Å². The van der Waals surface area contributed by atoms with Gasteiger partial charge < -0.3 is 20.0 Å². The molecule has 3 aliphatic rings. The van der Waals surface area contributed by atoms with Crippen molar-refractivity contribution in [3.63, 3.8) is 0 Å². The number of fused-ring (bicyclic) bond motifs is 3. The van der Waals surface area contributed by atoms with Crippen molar-refractivity contribution in [3.05, 3.63) is 50.6 Å². The van der Waals surface area contributed by atoms with Gasteiger partial charge in [-0.3, -0.25) is 14.4 Å². The highest BCUT2D eigenvalue weighted by molar-refractivity contribution is 6.25. The van der Waals surface area contributed by atoms with Crippen molar-refractivity contribution in [2.45, 2.75) is 90.9 Å². The molecule has 4 atom stereocenters. The normalized spacial score (nSPS) is 29.1. The van der Waals surface area contributed by atoms with E-state index in [1.807, 2.05) is 32.0 Å². The maximum atomic E-state index is 14.5. The Balaban J connectivity index is 2.04. The summed E-state index contributed by atoms with van der Waals surface area (Å²) in [7, 11) is 7.37. The number of allylic oxidation sites excluding steroid dienone is 1. The minimum Gasteiger partial charge on any atom is -0.386 e. The number of carbonyl (C=O) groups excluding carboxylic acids is 3. The van der Waals surface area contributed by atoms with Crippen molar-refractivity contribution < 1.29 is 24.6 Å². The number of rotatable bonds is 5. The van der Waals surface area contributed by atoms with E-state index in [1.165, 1.54) is 6.92 Å². The van der Waals surface area contributed by atoms with Crippen LogP contribution in [0.1, 0.15) is 87.4 Å². The fourth-order valence-electron chi connectivity index (χ4n) is 7.76. The Bertz CT molecular complexity index is 1490. The van der Waals surface area contributed by atoms with Crippen molar-refractivity contribution >= 4 is 23.0 Å². The van der Waals surface area contributed by atoms with Crippen LogP contribution in [0.4, 0.5) is 5.69 Å². The van der Waals surface area contributed by atoms with Crippen molar-refractivity contribution in [1.29, 1.82) is 0 Å². The molecule has 7 heteroatoms. The van der Waals surface area contributed by atoms with E-state index in [-0.39, 0.29) is 35.6 Å². The summed E-state index contributed by atoms with van der Waals surface area (Å²) in [4.78, 5) is 45.2. The van der Waals surface area contributed by atoms with Crippen LogP contribution in [-0.2, 0) is 16.0 Å². The Morgan fingerprint density at radius 2 is 1.76 bits per heavy atom. The second kappa shape index (κ2) is 10.3. The lowest BCUT2D eigenvalue weighted by atomic mass is 9.47. The third-order valence-corrected chi connectivity index (χ3v) is 9.78. The molecule has 41 heavy (non-hydrogen) atoms. The van der Waals surface area contributed by atoms with Gasteiger partial charge in [-0.2, -0.15) is 0 Å². The molecule has 7 nitrogen and oxygen atoms in total. The first-order valence-corrected chi connectivity index (χ1v) is 14.5. The van der Waals surface area contributed by atoms with Crippen LogP contribution in [0.3, 0.4) is 0 Å². The maximum Gasteiger partial charge on any atom is 0.192 e. The molecule has 0 unspecified atom stereocenters. The predicted octanol–water partition coefficient (Wildman–Crippen LogP) is 3.95. The molecule has 1 aromatic carbocycles. The van der Waals surface area contributed by atoms with Crippen LogP contribution in [-0.4, -0.2) is 77.9 Å². The summed E-state index contributed by atoms with van der Waals surface area (Å²) in [6, 6.07) is 1.25. The van der Waals surface area contributed by atoms with Crippen molar-refractivity contribution in [3.8, 4) is 11.8 Å². The third kappa shape index (κ3) is 4.26. The molecule has 0 saturated carbocycles. The number of benzene rings is 1. The number of hydrogen-bond donors (Lipinski definition) is 2. The van der Waals surface area contributed by atoms with E-state index >= 15 is 0 Å². The van der Waals surface area contributed by atoms with Gasteiger partial charge in [0.1, 0.15) is 11.2 Å². The van der Waals surface area contributed by atoms with Gasteiger partial charge in [0.2, 0.25) is 0 Å². The Morgan fingerprint density at radius 1 is 1.12 bits per heavy atom. The van der Waals surface area contributed by atoms with Gasteiger partial charge in [-0.15, -0.1) is 0 Å². The minimum atomic E-state index is -1.77. The average molecular weight is 561 g/mol. The van der Waals surface area contributed by atoms with Crippen LogP contribution >= 0.6 is 0 Å². The Morgan fingerprint density at radius 3 is 2.29 bits per heavy atom. The lowest BCUT2D eigenvalue weighted by Gasteiger charge is -2.60. The zero-order chi connectivity index (χ0) is 30.8.